The van der Waals surface area contributed by atoms with Crippen molar-refractivity contribution in [2.75, 3.05) is 5.32 Å². The Hall–Kier alpha value is -3.00. The molecule has 2 N–H and O–H groups in total. The smallest absolute Gasteiger partial charge is 0.270 e. The number of oxime groups is 1. The van der Waals surface area contributed by atoms with Gasteiger partial charge in [0, 0.05) is 23.6 Å². The lowest BCUT2D eigenvalue weighted by molar-refractivity contribution is -0.125. The molecular weight excluding hydrogens is 343 g/mol. The second-order valence-corrected chi connectivity index (χ2v) is 6.32. The molecule has 6 nitrogen and oxygen atoms in total. The number of carbonyl (C=O) groups excluding carboxylic acids is 1. The number of carbonyl (C=O) groups is 1. The number of nitrogens with zero attached hydrogens (tertiary/aromatic N) is 2. The second-order valence-electron chi connectivity index (χ2n) is 5.46. The first-order valence-electron chi connectivity index (χ1n) is 7.58. The molecule has 126 valence electrons. The minimum absolute atomic E-state index is 0.282. The van der Waals surface area contributed by atoms with Gasteiger partial charge in [-0.15, -0.1) is 11.3 Å². The van der Waals surface area contributed by atoms with Crippen LogP contribution in [0.5, 0.6) is 0 Å². The van der Waals surface area contributed by atoms with Crippen molar-refractivity contribution in [2.45, 2.75) is 12.5 Å². The van der Waals surface area contributed by atoms with Gasteiger partial charge in [0.25, 0.3) is 5.91 Å². The Morgan fingerprint density at radius 1 is 1.36 bits per heavy atom. The summed E-state index contributed by atoms with van der Waals surface area (Å²) in [6.07, 6.45) is 1.34. The fourth-order valence-corrected chi connectivity index (χ4v) is 3.20. The standard InChI is InChI=1S/C17H13FN4O2S/c18-11-4-1-3-10(7-11)13-8-15(24-22-13)16(23)21-17-20-14(9-25-17)12-5-2-6-19-12/h1-7,9,15,19H,8H2,(H,20,21,23)/t15-/m1/s1. The van der Waals surface area contributed by atoms with E-state index < -0.39 is 6.10 Å². The second kappa shape index (κ2) is 6.48. The van der Waals surface area contributed by atoms with Gasteiger partial charge in [-0.1, -0.05) is 17.3 Å². The highest BCUT2D eigenvalue weighted by atomic mass is 32.1. The van der Waals surface area contributed by atoms with Gasteiger partial charge in [0.2, 0.25) is 6.10 Å². The summed E-state index contributed by atoms with van der Waals surface area (Å²) in [5, 5.41) is 8.97. The molecule has 3 heterocycles. The number of thiazole rings is 1. The van der Waals surface area contributed by atoms with E-state index >= 15 is 0 Å². The average Bonchev–Trinajstić information content (AvgIpc) is 3.35. The van der Waals surface area contributed by atoms with Gasteiger partial charge in [0.1, 0.15) is 5.82 Å². The third-order valence-electron chi connectivity index (χ3n) is 3.73. The van der Waals surface area contributed by atoms with E-state index in [1.54, 1.807) is 12.1 Å². The van der Waals surface area contributed by atoms with Crippen LogP contribution < -0.4 is 5.32 Å². The lowest BCUT2D eigenvalue weighted by Crippen LogP contribution is -2.28. The van der Waals surface area contributed by atoms with Gasteiger partial charge in [-0.25, -0.2) is 9.37 Å². The molecule has 1 atom stereocenters. The van der Waals surface area contributed by atoms with Crippen LogP contribution in [-0.2, 0) is 9.63 Å². The van der Waals surface area contributed by atoms with Crippen molar-refractivity contribution in [3.63, 3.8) is 0 Å². The monoisotopic (exact) mass is 356 g/mol. The van der Waals surface area contributed by atoms with Crippen LogP contribution in [-0.4, -0.2) is 27.7 Å². The molecule has 0 radical (unpaired) electrons. The predicted molar refractivity (Wildman–Crippen MR) is 93.0 cm³/mol. The zero-order valence-corrected chi connectivity index (χ0v) is 13.7. The number of hydrogen-bond donors (Lipinski definition) is 2. The van der Waals surface area contributed by atoms with E-state index in [4.69, 9.17) is 4.84 Å². The van der Waals surface area contributed by atoms with Crippen molar-refractivity contribution in [2.24, 2.45) is 5.16 Å². The normalized spacial score (nSPS) is 16.4. The summed E-state index contributed by atoms with van der Waals surface area (Å²) in [7, 11) is 0. The molecule has 1 aromatic carbocycles. The van der Waals surface area contributed by atoms with Gasteiger partial charge in [0.05, 0.1) is 17.1 Å². The number of aromatic nitrogens is 2. The molecule has 0 saturated heterocycles. The van der Waals surface area contributed by atoms with Crippen molar-refractivity contribution in [1.82, 2.24) is 9.97 Å². The van der Waals surface area contributed by atoms with Crippen LogP contribution in [0.15, 0.2) is 53.1 Å². The molecule has 0 bridgehead atoms. The third-order valence-corrected chi connectivity index (χ3v) is 4.49. The zero-order valence-electron chi connectivity index (χ0n) is 12.9. The molecule has 0 saturated carbocycles. The molecule has 1 aliphatic heterocycles. The van der Waals surface area contributed by atoms with E-state index in [1.165, 1.54) is 23.5 Å². The van der Waals surface area contributed by atoms with Crippen LogP contribution in [0.1, 0.15) is 12.0 Å². The predicted octanol–water partition coefficient (Wildman–Crippen LogP) is 3.41. The molecule has 1 amide bonds. The Morgan fingerprint density at radius 3 is 3.08 bits per heavy atom. The summed E-state index contributed by atoms with van der Waals surface area (Å²) in [4.78, 5) is 25.0. The Morgan fingerprint density at radius 2 is 2.28 bits per heavy atom. The highest BCUT2D eigenvalue weighted by molar-refractivity contribution is 7.14. The van der Waals surface area contributed by atoms with Crippen LogP contribution in [0.4, 0.5) is 9.52 Å². The number of aromatic amines is 1. The van der Waals surface area contributed by atoms with Gasteiger partial charge < -0.3 is 9.82 Å². The Balaban J connectivity index is 1.40. The van der Waals surface area contributed by atoms with E-state index in [1.807, 2.05) is 23.7 Å². The summed E-state index contributed by atoms with van der Waals surface area (Å²) in [6, 6.07) is 9.83. The van der Waals surface area contributed by atoms with Gasteiger partial charge in [0.15, 0.2) is 5.13 Å². The van der Waals surface area contributed by atoms with Crippen LogP contribution in [0, 0.1) is 5.82 Å². The molecule has 4 rings (SSSR count). The van der Waals surface area contributed by atoms with Crippen LogP contribution in [0.3, 0.4) is 0 Å². The first kappa shape index (κ1) is 15.5. The Labute approximate surface area is 146 Å². The molecule has 1 aliphatic rings. The molecule has 0 spiro atoms. The van der Waals surface area contributed by atoms with Gasteiger partial charge in [-0.3, -0.25) is 10.1 Å². The summed E-state index contributed by atoms with van der Waals surface area (Å²) in [5.41, 5.74) is 2.80. The number of nitrogens with one attached hydrogen (secondary N) is 2. The third kappa shape index (κ3) is 3.29. The van der Waals surface area contributed by atoms with Crippen molar-refractivity contribution >= 4 is 28.1 Å². The molecular formula is C17H13FN4O2S. The van der Waals surface area contributed by atoms with Crippen molar-refractivity contribution in [1.29, 1.82) is 0 Å². The van der Waals surface area contributed by atoms with Gasteiger partial charge >= 0.3 is 0 Å². The molecule has 0 fully saturated rings. The number of H-pyrrole nitrogens is 1. The molecule has 0 unspecified atom stereocenters. The van der Waals surface area contributed by atoms with Crippen LogP contribution in [0.25, 0.3) is 11.4 Å². The highest BCUT2D eigenvalue weighted by Gasteiger charge is 2.29. The summed E-state index contributed by atoms with van der Waals surface area (Å²) in [6.45, 7) is 0. The van der Waals surface area contributed by atoms with Crippen molar-refractivity contribution < 1.29 is 14.0 Å². The Kier molecular flexibility index (Phi) is 4.02. The summed E-state index contributed by atoms with van der Waals surface area (Å²) in [5.74, 6) is -0.685. The zero-order chi connectivity index (χ0) is 17.2. The first-order chi connectivity index (χ1) is 12.2. The largest absolute Gasteiger partial charge is 0.382 e. The van der Waals surface area contributed by atoms with E-state index in [9.17, 15) is 9.18 Å². The fraction of sp³-hybridized carbons (Fsp3) is 0.118. The molecule has 25 heavy (non-hydrogen) atoms. The van der Waals surface area contributed by atoms with E-state index in [0.717, 1.165) is 11.4 Å². The number of anilines is 1. The van der Waals surface area contributed by atoms with Crippen LogP contribution >= 0.6 is 11.3 Å². The molecule has 8 heteroatoms. The number of benzene rings is 1. The maximum Gasteiger partial charge on any atom is 0.270 e. The molecule has 3 aromatic rings. The topological polar surface area (TPSA) is 79.4 Å². The quantitative estimate of drug-likeness (QED) is 0.752. The fourth-order valence-electron chi connectivity index (χ4n) is 2.49. The Bertz CT molecular complexity index is 936. The SMILES string of the molecule is O=C(Nc1nc(-c2ccc[nH]2)cs1)[C@H]1CC(c2cccc(F)c2)=NO1. The van der Waals surface area contributed by atoms with Crippen molar-refractivity contribution in [3.05, 3.63) is 59.4 Å². The number of halogens is 1. The average molecular weight is 356 g/mol. The van der Waals surface area contributed by atoms with E-state index in [2.05, 4.69) is 20.4 Å². The first-order valence-corrected chi connectivity index (χ1v) is 8.46. The van der Waals surface area contributed by atoms with Gasteiger partial charge in [-0.2, -0.15) is 0 Å². The number of amides is 1. The number of hydrogen-bond acceptors (Lipinski definition) is 5. The van der Waals surface area contributed by atoms with E-state index in [-0.39, 0.29) is 18.1 Å². The van der Waals surface area contributed by atoms with Gasteiger partial charge in [-0.05, 0) is 24.3 Å². The maximum atomic E-state index is 13.3. The molecule has 0 aliphatic carbocycles. The highest BCUT2D eigenvalue weighted by Crippen LogP contribution is 2.25. The van der Waals surface area contributed by atoms with Crippen molar-refractivity contribution in [3.8, 4) is 11.4 Å². The minimum Gasteiger partial charge on any atom is -0.382 e. The summed E-state index contributed by atoms with van der Waals surface area (Å²) >= 11 is 1.33. The minimum atomic E-state index is -0.754. The van der Waals surface area contributed by atoms with E-state index in [0.29, 0.717) is 16.4 Å². The number of rotatable bonds is 4. The molecule has 2 aromatic heterocycles. The lowest BCUT2D eigenvalue weighted by Gasteiger charge is -2.07. The maximum absolute atomic E-state index is 13.3. The van der Waals surface area contributed by atoms with Crippen LogP contribution in [0.2, 0.25) is 0 Å². The summed E-state index contributed by atoms with van der Waals surface area (Å²) < 4.78 is 13.3. The lowest BCUT2D eigenvalue weighted by atomic mass is 10.0.